The van der Waals surface area contributed by atoms with Gasteiger partial charge in [-0.05, 0) is 44.7 Å². The molecule has 19 heavy (non-hydrogen) atoms. The van der Waals surface area contributed by atoms with Crippen molar-refractivity contribution in [3.8, 4) is 11.5 Å². The summed E-state index contributed by atoms with van der Waals surface area (Å²) >= 11 is 0. The lowest BCUT2D eigenvalue weighted by atomic mass is 9.97. The topological polar surface area (TPSA) is 40.5 Å². The summed E-state index contributed by atoms with van der Waals surface area (Å²) in [5.74, 6) is 0.582. The zero-order chi connectivity index (χ0) is 14.4. The Hall–Kier alpha value is -1.44. The molecule has 2 heteroatoms. The first-order valence-corrected chi connectivity index (χ1v) is 7.18. The second-order valence-corrected chi connectivity index (χ2v) is 5.24. The third-order valence-electron chi connectivity index (χ3n) is 3.80. The predicted molar refractivity (Wildman–Crippen MR) is 81.8 cm³/mol. The number of hydrogen-bond acceptors (Lipinski definition) is 2. The Bertz CT molecular complexity index is 430. The van der Waals surface area contributed by atoms with Crippen LogP contribution in [-0.4, -0.2) is 10.2 Å². The van der Waals surface area contributed by atoms with E-state index in [9.17, 15) is 10.2 Å². The third kappa shape index (κ3) is 3.76. The highest BCUT2D eigenvalue weighted by Crippen LogP contribution is 2.36. The van der Waals surface area contributed by atoms with E-state index in [-0.39, 0.29) is 5.75 Å². The van der Waals surface area contributed by atoms with E-state index in [1.54, 1.807) is 0 Å². The zero-order valence-corrected chi connectivity index (χ0v) is 12.6. The Morgan fingerprint density at radius 3 is 2.11 bits per heavy atom. The Morgan fingerprint density at radius 1 is 0.842 bits per heavy atom. The van der Waals surface area contributed by atoms with Crippen LogP contribution in [0.1, 0.15) is 61.3 Å². The number of phenols is 2. The van der Waals surface area contributed by atoms with Crippen molar-refractivity contribution in [2.75, 3.05) is 0 Å². The molecule has 1 aromatic rings. The van der Waals surface area contributed by atoms with E-state index in [0.29, 0.717) is 5.75 Å². The molecule has 0 unspecified atom stereocenters. The molecule has 0 heterocycles. The maximum Gasteiger partial charge on any atom is 0.126 e. The fourth-order valence-electron chi connectivity index (χ4n) is 2.24. The van der Waals surface area contributed by atoms with Crippen molar-refractivity contribution in [2.24, 2.45) is 0 Å². The maximum atomic E-state index is 10.2. The summed E-state index contributed by atoms with van der Waals surface area (Å²) in [5.41, 5.74) is 3.02. The van der Waals surface area contributed by atoms with Crippen LogP contribution in [0.25, 0.3) is 6.08 Å². The molecule has 0 spiro atoms. The van der Waals surface area contributed by atoms with Gasteiger partial charge in [0.25, 0.3) is 0 Å². The lowest BCUT2D eigenvalue weighted by molar-refractivity contribution is 0.448. The molecule has 0 aliphatic heterocycles. The number of hydrogen-bond donors (Lipinski definition) is 2. The minimum absolute atomic E-state index is 0.289. The molecule has 0 fully saturated rings. The van der Waals surface area contributed by atoms with Gasteiger partial charge in [-0.2, -0.15) is 0 Å². The number of benzene rings is 1. The van der Waals surface area contributed by atoms with Crippen molar-refractivity contribution >= 4 is 6.08 Å². The first-order valence-electron chi connectivity index (χ1n) is 7.18. The fourth-order valence-corrected chi connectivity index (χ4v) is 2.24. The maximum absolute atomic E-state index is 10.2. The molecule has 0 aliphatic carbocycles. The highest BCUT2D eigenvalue weighted by atomic mass is 16.3. The SMILES string of the molecule is CCCCCC/C=C\c1c(C)c(O)c(C)c(C)c1O. The summed E-state index contributed by atoms with van der Waals surface area (Å²) in [5, 5.41) is 20.2. The fraction of sp³-hybridized carbons (Fsp3) is 0.529. The number of rotatable bonds is 6. The Labute approximate surface area is 116 Å². The summed E-state index contributed by atoms with van der Waals surface area (Å²) in [4.78, 5) is 0. The van der Waals surface area contributed by atoms with Crippen LogP contribution >= 0.6 is 0 Å². The van der Waals surface area contributed by atoms with Gasteiger partial charge in [-0.3, -0.25) is 0 Å². The molecule has 1 rings (SSSR count). The first kappa shape index (κ1) is 15.6. The summed E-state index contributed by atoms with van der Waals surface area (Å²) < 4.78 is 0. The molecule has 0 saturated heterocycles. The minimum atomic E-state index is 0.289. The molecule has 2 N–H and O–H groups in total. The number of phenolic OH excluding ortho intramolecular Hbond substituents is 2. The summed E-state index contributed by atoms with van der Waals surface area (Å²) in [6.45, 7) is 7.71. The van der Waals surface area contributed by atoms with Crippen LogP contribution < -0.4 is 0 Å². The van der Waals surface area contributed by atoms with Gasteiger partial charge in [0, 0.05) is 11.1 Å². The van der Waals surface area contributed by atoms with Crippen molar-refractivity contribution in [2.45, 2.75) is 59.8 Å². The highest BCUT2D eigenvalue weighted by molar-refractivity contribution is 5.68. The molecule has 0 aliphatic rings. The molecule has 106 valence electrons. The van der Waals surface area contributed by atoms with Crippen molar-refractivity contribution in [1.29, 1.82) is 0 Å². The van der Waals surface area contributed by atoms with E-state index in [4.69, 9.17) is 0 Å². The van der Waals surface area contributed by atoms with Gasteiger partial charge in [-0.25, -0.2) is 0 Å². The number of allylic oxidation sites excluding steroid dienone is 1. The van der Waals surface area contributed by atoms with Crippen LogP contribution in [0.5, 0.6) is 11.5 Å². The Balaban J connectivity index is 2.81. The van der Waals surface area contributed by atoms with Crippen LogP contribution in [0.2, 0.25) is 0 Å². The average Bonchev–Trinajstić information content (AvgIpc) is 2.41. The van der Waals surface area contributed by atoms with Gasteiger partial charge >= 0.3 is 0 Å². The molecule has 1 aromatic carbocycles. The van der Waals surface area contributed by atoms with E-state index in [2.05, 4.69) is 13.0 Å². The van der Waals surface area contributed by atoms with E-state index in [1.165, 1.54) is 25.7 Å². The highest BCUT2D eigenvalue weighted by Gasteiger charge is 2.14. The third-order valence-corrected chi connectivity index (χ3v) is 3.80. The Morgan fingerprint density at radius 2 is 1.47 bits per heavy atom. The second kappa shape index (κ2) is 7.22. The molecule has 0 amide bonds. The van der Waals surface area contributed by atoms with Crippen LogP contribution in [0.3, 0.4) is 0 Å². The van der Waals surface area contributed by atoms with Crippen LogP contribution in [0.15, 0.2) is 6.08 Å². The normalized spacial score (nSPS) is 11.4. The number of unbranched alkanes of at least 4 members (excludes halogenated alkanes) is 4. The van der Waals surface area contributed by atoms with Gasteiger partial charge in [-0.1, -0.05) is 38.3 Å². The summed E-state index contributed by atoms with van der Waals surface area (Å²) in [6, 6.07) is 0. The molecular weight excluding hydrogens is 236 g/mol. The van der Waals surface area contributed by atoms with Crippen LogP contribution in [0.4, 0.5) is 0 Å². The van der Waals surface area contributed by atoms with Gasteiger partial charge in [-0.15, -0.1) is 0 Å². The van der Waals surface area contributed by atoms with Crippen molar-refractivity contribution in [3.63, 3.8) is 0 Å². The largest absolute Gasteiger partial charge is 0.507 e. The van der Waals surface area contributed by atoms with Gasteiger partial charge < -0.3 is 10.2 Å². The molecule has 2 nitrogen and oxygen atoms in total. The second-order valence-electron chi connectivity index (χ2n) is 5.24. The Kier molecular flexibility index (Phi) is 5.94. The first-order chi connectivity index (χ1) is 9.00. The smallest absolute Gasteiger partial charge is 0.126 e. The van der Waals surface area contributed by atoms with Crippen LogP contribution in [0, 0.1) is 20.8 Å². The molecule has 0 aromatic heterocycles. The minimum Gasteiger partial charge on any atom is -0.507 e. The number of aromatic hydroxyl groups is 2. The van der Waals surface area contributed by atoms with Crippen LogP contribution in [-0.2, 0) is 0 Å². The standard InChI is InChI=1S/C17H26O2/c1-5-6-7-8-9-10-11-15-14(4)16(18)12(2)13(3)17(15)19/h10-11,18-19H,5-9H2,1-4H3/b11-10-. The average molecular weight is 262 g/mol. The molecule has 0 saturated carbocycles. The van der Waals surface area contributed by atoms with E-state index in [0.717, 1.165) is 28.7 Å². The van der Waals surface area contributed by atoms with Gasteiger partial charge in [0.2, 0.25) is 0 Å². The zero-order valence-electron chi connectivity index (χ0n) is 12.6. The molecule has 0 bridgehead atoms. The van der Waals surface area contributed by atoms with Crippen molar-refractivity contribution in [1.82, 2.24) is 0 Å². The monoisotopic (exact) mass is 262 g/mol. The van der Waals surface area contributed by atoms with Gasteiger partial charge in [0.15, 0.2) is 0 Å². The van der Waals surface area contributed by atoms with Crippen molar-refractivity contribution < 1.29 is 10.2 Å². The quantitative estimate of drug-likeness (QED) is 0.559. The van der Waals surface area contributed by atoms with Gasteiger partial charge in [0.1, 0.15) is 11.5 Å². The lowest BCUT2D eigenvalue weighted by Crippen LogP contribution is -1.92. The van der Waals surface area contributed by atoms with E-state index < -0.39 is 0 Å². The van der Waals surface area contributed by atoms with E-state index >= 15 is 0 Å². The molecule has 0 radical (unpaired) electrons. The lowest BCUT2D eigenvalue weighted by Gasteiger charge is -2.13. The molecular formula is C17H26O2. The van der Waals surface area contributed by atoms with Crippen molar-refractivity contribution in [3.05, 3.63) is 28.3 Å². The summed E-state index contributed by atoms with van der Waals surface area (Å²) in [6.07, 6.45) is 10.0. The van der Waals surface area contributed by atoms with Gasteiger partial charge in [0.05, 0.1) is 0 Å². The molecule has 0 atom stereocenters. The predicted octanol–water partition coefficient (Wildman–Crippen LogP) is 5.01. The van der Waals surface area contributed by atoms with E-state index in [1.807, 2.05) is 26.8 Å². The summed E-state index contributed by atoms with van der Waals surface area (Å²) in [7, 11) is 0.